The molecule has 1 N–H and O–H groups in total. The Kier molecular flexibility index (Phi) is 3.91. The molecule has 2 rings (SSSR count). The van der Waals surface area contributed by atoms with Crippen LogP contribution in [-0.2, 0) is 0 Å². The Morgan fingerprint density at radius 3 is 2.63 bits per heavy atom. The number of nitro groups is 1. The third-order valence-electron chi connectivity index (χ3n) is 2.20. The highest BCUT2D eigenvalue weighted by atomic mass is 79.9. The van der Waals surface area contributed by atoms with E-state index >= 15 is 0 Å². The van der Waals surface area contributed by atoms with E-state index in [4.69, 9.17) is 0 Å². The summed E-state index contributed by atoms with van der Waals surface area (Å²) in [6.07, 6.45) is 0. The second-order valence-corrected chi connectivity index (χ2v) is 5.94. The molecular formula is C11H6BrFN2O3S. The number of nitrogens with zero attached hydrogens (tertiary/aromatic N) is 1. The summed E-state index contributed by atoms with van der Waals surface area (Å²) in [7, 11) is 0. The van der Waals surface area contributed by atoms with Gasteiger partial charge in [-0.1, -0.05) is 0 Å². The number of carbonyl (C=O) groups excluding carboxylic acids is 1. The van der Waals surface area contributed by atoms with Crippen molar-refractivity contribution in [2.24, 2.45) is 0 Å². The molecule has 5 nitrogen and oxygen atoms in total. The van der Waals surface area contributed by atoms with Crippen molar-refractivity contribution in [2.45, 2.75) is 0 Å². The first-order valence-corrected chi connectivity index (χ1v) is 6.59. The lowest BCUT2D eigenvalue weighted by Gasteiger charge is -2.03. The molecule has 19 heavy (non-hydrogen) atoms. The zero-order chi connectivity index (χ0) is 14.0. The molecule has 1 aromatic carbocycles. The highest BCUT2D eigenvalue weighted by Crippen LogP contribution is 2.24. The fourth-order valence-electron chi connectivity index (χ4n) is 1.36. The zero-order valence-corrected chi connectivity index (χ0v) is 11.6. The van der Waals surface area contributed by atoms with Crippen molar-refractivity contribution < 1.29 is 14.1 Å². The topological polar surface area (TPSA) is 72.2 Å². The zero-order valence-electron chi connectivity index (χ0n) is 9.22. The van der Waals surface area contributed by atoms with Crippen LogP contribution >= 0.6 is 27.3 Å². The smallest absolute Gasteiger partial charge is 0.304 e. The van der Waals surface area contributed by atoms with E-state index in [2.05, 4.69) is 21.2 Å². The number of rotatable bonds is 3. The fraction of sp³-hybridized carbons (Fsp3) is 0. The number of halogens is 2. The predicted molar refractivity (Wildman–Crippen MR) is 73.0 cm³/mol. The summed E-state index contributed by atoms with van der Waals surface area (Å²) in [6.45, 7) is 0. The molecule has 98 valence electrons. The van der Waals surface area contributed by atoms with Gasteiger partial charge in [0.05, 0.1) is 13.6 Å². The summed E-state index contributed by atoms with van der Waals surface area (Å²) in [4.78, 5) is 21.9. The number of benzene rings is 1. The SMILES string of the molecule is O=C(Nc1ccc([N+](=O)[O-])c(F)c1)c1ccc(Br)s1. The first-order valence-electron chi connectivity index (χ1n) is 4.98. The largest absolute Gasteiger partial charge is 0.321 e. The Hall–Kier alpha value is -1.80. The maximum Gasteiger partial charge on any atom is 0.304 e. The van der Waals surface area contributed by atoms with Crippen molar-refractivity contribution in [3.8, 4) is 0 Å². The molecular weight excluding hydrogens is 339 g/mol. The van der Waals surface area contributed by atoms with Crippen LogP contribution in [-0.4, -0.2) is 10.8 Å². The third kappa shape index (κ3) is 3.15. The highest BCUT2D eigenvalue weighted by Gasteiger charge is 2.15. The number of hydrogen-bond donors (Lipinski definition) is 1. The van der Waals surface area contributed by atoms with Crippen LogP contribution in [0.5, 0.6) is 0 Å². The van der Waals surface area contributed by atoms with Crippen molar-refractivity contribution in [1.29, 1.82) is 0 Å². The van der Waals surface area contributed by atoms with Crippen LogP contribution in [0.4, 0.5) is 15.8 Å². The van der Waals surface area contributed by atoms with E-state index in [0.29, 0.717) is 4.88 Å². The summed E-state index contributed by atoms with van der Waals surface area (Å²) in [5, 5.41) is 12.9. The molecule has 0 saturated carbocycles. The van der Waals surface area contributed by atoms with Gasteiger partial charge in [-0.15, -0.1) is 11.3 Å². The van der Waals surface area contributed by atoms with Gasteiger partial charge in [-0.25, -0.2) is 0 Å². The summed E-state index contributed by atoms with van der Waals surface area (Å²) in [5.74, 6) is -1.39. The molecule has 1 amide bonds. The van der Waals surface area contributed by atoms with Crippen molar-refractivity contribution in [1.82, 2.24) is 0 Å². The quantitative estimate of drug-likeness (QED) is 0.679. The van der Waals surface area contributed by atoms with E-state index in [1.165, 1.54) is 17.4 Å². The Labute approximate surface area is 119 Å². The van der Waals surface area contributed by atoms with Gasteiger partial charge < -0.3 is 5.32 Å². The maximum atomic E-state index is 13.4. The van der Waals surface area contributed by atoms with Gasteiger partial charge in [0, 0.05) is 17.8 Å². The fourth-order valence-corrected chi connectivity index (χ4v) is 2.64. The van der Waals surface area contributed by atoms with Gasteiger partial charge in [-0.3, -0.25) is 14.9 Å². The van der Waals surface area contributed by atoms with E-state index in [1.807, 2.05) is 0 Å². The second kappa shape index (κ2) is 5.45. The van der Waals surface area contributed by atoms with Crippen molar-refractivity contribution >= 4 is 44.5 Å². The summed E-state index contributed by atoms with van der Waals surface area (Å²) in [6, 6.07) is 6.54. The van der Waals surface area contributed by atoms with E-state index in [-0.39, 0.29) is 5.69 Å². The average molecular weight is 345 g/mol. The first-order chi connectivity index (χ1) is 8.97. The minimum atomic E-state index is -0.991. The molecule has 1 heterocycles. The van der Waals surface area contributed by atoms with Crippen molar-refractivity contribution in [3.63, 3.8) is 0 Å². The van der Waals surface area contributed by atoms with Gasteiger partial charge in [0.2, 0.25) is 5.82 Å². The van der Waals surface area contributed by atoms with E-state index in [1.54, 1.807) is 12.1 Å². The Morgan fingerprint density at radius 2 is 2.11 bits per heavy atom. The lowest BCUT2D eigenvalue weighted by atomic mass is 10.2. The Morgan fingerprint density at radius 1 is 1.37 bits per heavy atom. The van der Waals surface area contributed by atoms with E-state index in [9.17, 15) is 19.3 Å². The third-order valence-corrected chi connectivity index (χ3v) is 3.82. The van der Waals surface area contributed by atoms with Gasteiger partial charge >= 0.3 is 5.69 Å². The molecule has 2 aromatic rings. The number of hydrogen-bond acceptors (Lipinski definition) is 4. The van der Waals surface area contributed by atoms with Gasteiger partial charge in [-0.05, 0) is 34.1 Å². The molecule has 0 atom stereocenters. The van der Waals surface area contributed by atoms with Gasteiger partial charge in [0.1, 0.15) is 0 Å². The molecule has 0 spiro atoms. The number of nitro benzene ring substituents is 1. The first kappa shape index (κ1) is 13.6. The molecule has 0 aliphatic heterocycles. The van der Waals surface area contributed by atoms with Crippen molar-refractivity contribution in [2.75, 3.05) is 5.32 Å². The second-order valence-electron chi connectivity index (χ2n) is 3.48. The molecule has 1 aromatic heterocycles. The van der Waals surface area contributed by atoms with Crippen molar-refractivity contribution in [3.05, 3.63) is 54.9 Å². The average Bonchev–Trinajstić information content (AvgIpc) is 2.75. The van der Waals surface area contributed by atoms with Crippen LogP contribution in [0.25, 0.3) is 0 Å². The summed E-state index contributed by atoms with van der Waals surface area (Å²) >= 11 is 4.46. The van der Waals surface area contributed by atoms with Gasteiger partial charge in [-0.2, -0.15) is 4.39 Å². The van der Waals surface area contributed by atoms with Crippen LogP contribution in [0, 0.1) is 15.9 Å². The van der Waals surface area contributed by atoms with Crippen LogP contribution in [0.1, 0.15) is 9.67 Å². The minimum absolute atomic E-state index is 0.164. The summed E-state index contributed by atoms with van der Waals surface area (Å²) < 4.78 is 14.2. The van der Waals surface area contributed by atoms with E-state index < -0.39 is 22.3 Å². The van der Waals surface area contributed by atoms with Gasteiger partial charge in [0.15, 0.2) is 0 Å². The normalized spacial score (nSPS) is 10.2. The molecule has 0 saturated heterocycles. The molecule has 0 unspecified atom stereocenters. The van der Waals surface area contributed by atoms with E-state index in [0.717, 1.165) is 15.9 Å². The summed E-state index contributed by atoms with van der Waals surface area (Å²) in [5.41, 5.74) is -0.463. The van der Waals surface area contributed by atoms with Crippen LogP contribution in [0.2, 0.25) is 0 Å². The lowest BCUT2D eigenvalue weighted by molar-refractivity contribution is -0.387. The standard InChI is InChI=1S/C11H6BrFN2O3S/c12-10-4-3-9(19-10)11(16)14-6-1-2-8(15(17)18)7(13)5-6/h1-5H,(H,14,16). The number of anilines is 1. The molecule has 0 aliphatic carbocycles. The molecule has 0 aliphatic rings. The van der Waals surface area contributed by atoms with Crippen LogP contribution in [0.15, 0.2) is 34.1 Å². The Bertz CT molecular complexity index is 659. The lowest BCUT2D eigenvalue weighted by Crippen LogP contribution is -2.10. The number of carbonyl (C=O) groups is 1. The minimum Gasteiger partial charge on any atom is -0.321 e. The molecule has 0 radical (unpaired) electrons. The molecule has 8 heteroatoms. The number of amides is 1. The highest BCUT2D eigenvalue weighted by molar-refractivity contribution is 9.11. The van der Waals surface area contributed by atoms with Crippen LogP contribution < -0.4 is 5.32 Å². The molecule has 0 fully saturated rings. The number of nitrogens with one attached hydrogen (secondary N) is 1. The van der Waals surface area contributed by atoms with Crippen LogP contribution in [0.3, 0.4) is 0 Å². The van der Waals surface area contributed by atoms with Gasteiger partial charge in [0.25, 0.3) is 5.91 Å². The monoisotopic (exact) mass is 344 g/mol. The Balaban J connectivity index is 2.18. The molecule has 0 bridgehead atoms. The maximum absolute atomic E-state index is 13.4. The predicted octanol–water partition coefficient (Wildman–Crippen LogP) is 3.81. The number of thiophene rings is 1.